The van der Waals surface area contributed by atoms with Crippen LogP contribution in [-0.4, -0.2) is 67.6 Å². The minimum Gasteiger partial charge on any atom is -0.370 e. The first kappa shape index (κ1) is 22.8. The molecule has 2 saturated heterocycles. The van der Waals surface area contributed by atoms with E-state index in [1.54, 1.807) is 4.88 Å². The molecule has 0 radical (unpaired) electrons. The van der Waals surface area contributed by atoms with Crippen LogP contribution in [0.2, 0.25) is 0 Å². The van der Waals surface area contributed by atoms with Crippen LogP contribution in [0.25, 0.3) is 0 Å². The number of aryl methyl sites for hydroxylation is 1. The largest absolute Gasteiger partial charge is 0.370 e. The molecule has 0 unspecified atom stereocenters. The normalized spacial score (nSPS) is 28.3. The molecule has 3 fully saturated rings. The van der Waals surface area contributed by atoms with Gasteiger partial charge >= 0.3 is 0 Å². The average molecular weight is 460 g/mol. The lowest BCUT2D eigenvalue weighted by Gasteiger charge is -2.46. The fourth-order valence-electron chi connectivity index (χ4n) is 6.27. The Labute approximate surface area is 197 Å². The highest BCUT2D eigenvalue weighted by molar-refractivity contribution is 7.12. The Balaban J connectivity index is 1.02. The molecule has 1 aromatic heterocycles. The molecular formula is C26H41N3O2S. The Kier molecular flexibility index (Phi) is 7.22. The summed E-state index contributed by atoms with van der Waals surface area (Å²) < 4.78 is 6.44. The van der Waals surface area contributed by atoms with E-state index in [0.29, 0.717) is 12.5 Å². The third-order valence-corrected chi connectivity index (χ3v) is 9.63. The Morgan fingerprint density at radius 3 is 2.69 bits per heavy atom. The fraction of sp³-hybridized carbons (Fsp3) is 0.808. The van der Waals surface area contributed by atoms with E-state index in [2.05, 4.69) is 28.1 Å². The number of piperidine rings is 2. The van der Waals surface area contributed by atoms with E-state index < -0.39 is 0 Å². The summed E-state index contributed by atoms with van der Waals surface area (Å²) in [6, 6.07) is 2.85. The molecule has 4 heterocycles. The molecule has 1 amide bonds. The first-order chi connectivity index (χ1) is 15.6. The van der Waals surface area contributed by atoms with Crippen molar-refractivity contribution in [3.05, 3.63) is 21.4 Å². The molecule has 1 aliphatic carbocycles. The number of carbonyl (C=O) groups is 1. The van der Waals surface area contributed by atoms with Crippen LogP contribution in [0, 0.1) is 5.92 Å². The summed E-state index contributed by atoms with van der Waals surface area (Å²) in [5, 5.41) is 3.29. The Bertz CT molecular complexity index is 774. The molecule has 0 bridgehead atoms. The van der Waals surface area contributed by atoms with E-state index in [-0.39, 0.29) is 11.5 Å². The van der Waals surface area contributed by atoms with Gasteiger partial charge in [0.25, 0.3) is 0 Å². The van der Waals surface area contributed by atoms with Gasteiger partial charge in [-0.25, -0.2) is 0 Å². The average Bonchev–Trinajstić information content (AvgIpc) is 3.24. The number of carbonyl (C=O) groups excluding carboxylic acids is 1. The second kappa shape index (κ2) is 10.1. The topological polar surface area (TPSA) is 44.8 Å². The third kappa shape index (κ3) is 5.08. The van der Waals surface area contributed by atoms with Crippen LogP contribution in [0.5, 0.6) is 0 Å². The van der Waals surface area contributed by atoms with Crippen LogP contribution in [-0.2, 0) is 28.0 Å². The predicted octanol–water partition coefficient (Wildman–Crippen LogP) is 3.95. The quantitative estimate of drug-likeness (QED) is 0.671. The summed E-state index contributed by atoms with van der Waals surface area (Å²) in [5.41, 5.74) is 1.50. The SMILES string of the molecule is CCc1cc2c(s1)CCOC21CCN(CC2CC(NC(=O)CCN3CCCCC3)C2)CC1. The molecule has 32 heavy (non-hydrogen) atoms. The van der Waals surface area contributed by atoms with Crippen LogP contribution in [0.4, 0.5) is 0 Å². The van der Waals surface area contributed by atoms with Crippen LogP contribution in [0.1, 0.15) is 73.6 Å². The molecule has 178 valence electrons. The lowest BCUT2D eigenvalue weighted by Crippen LogP contribution is -2.51. The molecule has 1 aromatic rings. The summed E-state index contributed by atoms with van der Waals surface area (Å²) >= 11 is 2.01. The first-order valence-corrected chi connectivity index (χ1v) is 14.0. The molecule has 3 aliphatic heterocycles. The minimum absolute atomic E-state index is 0.0154. The highest BCUT2D eigenvalue weighted by Crippen LogP contribution is 2.45. The molecule has 6 heteroatoms. The Morgan fingerprint density at radius 2 is 1.94 bits per heavy atom. The number of rotatable bonds is 7. The van der Waals surface area contributed by atoms with Gasteiger partial charge < -0.3 is 19.9 Å². The van der Waals surface area contributed by atoms with Crippen molar-refractivity contribution in [2.75, 3.05) is 45.9 Å². The highest BCUT2D eigenvalue weighted by Gasteiger charge is 2.42. The van der Waals surface area contributed by atoms with E-state index in [9.17, 15) is 4.79 Å². The van der Waals surface area contributed by atoms with Crippen molar-refractivity contribution in [3.8, 4) is 0 Å². The van der Waals surface area contributed by atoms with E-state index in [1.807, 2.05) is 11.3 Å². The van der Waals surface area contributed by atoms with Crippen LogP contribution >= 0.6 is 11.3 Å². The van der Waals surface area contributed by atoms with Gasteiger partial charge in [0.05, 0.1) is 12.2 Å². The maximum absolute atomic E-state index is 12.3. The molecule has 4 aliphatic rings. The van der Waals surface area contributed by atoms with Gasteiger partial charge in [-0.3, -0.25) is 4.79 Å². The third-order valence-electron chi connectivity index (χ3n) is 8.29. The lowest BCUT2D eigenvalue weighted by molar-refractivity contribution is -0.123. The molecule has 5 nitrogen and oxygen atoms in total. The molecule has 1 saturated carbocycles. The molecule has 0 atom stereocenters. The zero-order valence-corrected chi connectivity index (χ0v) is 20.7. The number of hydrogen-bond acceptors (Lipinski definition) is 5. The van der Waals surface area contributed by atoms with Crippen LogP contribution < -0.4 is 5.32 Å². The number of fused-ring (bicyclic) bond motifs is 2. The summed E-state index contributed by atoms with van der Waals surface area (Å²) in [5.74, 6) is 0.999. The second-order valence-electron chi connectivity index (χ2n) is 10.6. The number of ether oxygens (including phenoxy) is 1. The number of thiophene rings is 1. The van der Waals surface area contributed by atoms with E-state index in [4.69, 9.17) is 4.74 Å². The summed E-state index contributed by atoms with van der Waals surface area (Å²) in [4.78, 5) is 20.5. The van der Waals surface area contributed by atoms with Crippen molar-refractivity contribution in [3.63, 3.8) is 0 Å². The standard InChI is InChI=1S/C26H41N3O2S/c1-2-22-18-23-24(32-22)7-15-31-26(23)8-13-29(14-9-26)19-20-16-21(17-20)27-25(30)6-12-28-10-4-3-5-11-28/h18,20-21H,2-17,19H2,1H3,(H,27,30). The van der Waals surface area contributed by atoms with Gasteiger partial charge in [0, 0.05) is 54.8 Å². The van der Waals surface area contributed by atoms with E-state index >= 15 is 0 Å². The van der Waals surface area contributed by atoms with Gasteiger partial charge in [-0.15, -0.1) is 11.3 Å². The smallest absolute Gasteiger partial charge is 0.221 e. The highest BCUT2D eigenvalue weighted by atomic mass is 32.1. The number of likely N-dealkylation sites (tertiary alicyclic amines) is 2. The van der Waals surface area contributed by atoms with Gasteiger partial charge in [-0.05, 0) is 75.6 Å². The summed E-state index contributed by atoms with van der Waals surface area (Å²) in [6.45, 7) is 9.90. The van der Waals surface area contributed by atoms with Crippen molar-refractivity contribution in [2.45, 2.75) is 82.8 Å². The van der Waals surface area contributed by atoms with Crippen molar-refractivity contribution in [1.82, 2.24) is 15.1 Å². The van der Waals surface area contributed by atoms with Crippen molar-refractivity contribution >= 4 is 17.2 Å². The Hall–Kier alpha value is -0.950. The summed E-state index contributed by atoms with van der Waals surface area (Å²) in [7, 11) is 0. The van der Waals surface area contributed by atoms with Gasteiger partial charge in [0.15, 0.2) is 0 Å². The van der Waals surface area contributed by atoms with Crippen LogP contribution in [0.15, 0.2) is 6.07 Å². The molecule has 1 spiro atoms. The zero-order valence-electron chi connectivity index (χ0n) is 19.9. The molecular weight excluding hydrogens is 418 g/mol. The first-order valence-electron chi connectivity index (χ1n) is 13.1. The van der Waals surface area contributed by atoms with Crippen molar-refractivity contribution in [2.24, 2.45) is 5.92 Å². The Morgan fingerprint density at radius 1 is 1.16 bits per heavy atom. The van der Waals surface area contributed by atoms with Crippen molar-refractivity contribution < 1.29 is 9.53 Å². The van der Waals surface area contributed by atoms with E-state index in [1.165, 1.54) is 49.3 Å². The lowest BCUT2D eigenvalue weighted by atomic mass is 9.78. The van der Waals surface area contributed by atoms with Gasteiger partial charge in [-0.2, -0.15) is 0 Å². The van der Waals surface area contributed by atoms with Crippen LogP contribution in [0.3, 0.4) is 0 Å². The van der Waals surface area contributed by atoms with Gasteiger partial charge in [0.1, 0.15) is 0 Å². The number of hydrogen-bond donors (Lipinski definition) is 1. The molecule has 5 rings (SSSR count). The second-order valence-corrected chi connectivity index (χ2v) is 11.8. The summed E-state index contributed by atoms with van der Waals surface area (Å²) in [6.07, 6.45) is 11.4. The maximum Gasteiger partial charge on any atom is 0.221 e. The fourth-order valence-corrected chi connectivity index (χ4v) is 7.45. The van der Waals surface area contributed by atoms with Gasteiger partial charge in [0.2, 0.25) is 5.91 Å². The minimum atomic E-state index is -0.0154. The van der Waals surface area contributed by atoms with E-state index in [0.717, 1.165) is 70.7 Å². The van der Waals surface area contributed by atoms with Crippen molar-refractivity contribution in [1.29, 1.82) is 0 Å². The monoisotopic (exact) mass is 459 g/mol. The number of amides is 1. The zero-order chi connectivity index (χ0) is 22.0. The number of nitrogens with one attached hydrogen (secondary N) is 1. The maximum atomic E-state index is 12.3. The molecule has 0 aromatic carbocycles. The van der Waals surface area contributed by atoms with Gasteiger partial charge in [-0.1, -0.05) is 13.3 Å². The number of nitrogens with zero attached hydrogens (tertiary/aromatic N) is 2. The molecule has 1 N–H and O–H groups in total. The predicted molar refractivity (Wildman–Crippen MR) is 130 cm³/mol.